The van der Waals surface area contributed by atoms with Crippen LogP contribution < -0.4 is 0 Å². The van der Waals surface area contributed by atoms with E-state index in [1.165, 1.54) is 35.2 Å². The number of aromatic nitrogens is 4. The highest BCUT2D eigenvalue weighted by Gasteiger charge is 2.21. The van der Waals surface area contributed by atoms with Crippen LogP contribution >= 0.6 is 23.1 Å². The summed E-state index contributed by atoms with van der Waals surface area (Å²) < 4.78 is 24.1. The first-order valence-corrected chi connectivity index (χ1v) is 10.5. The fourth-order valence-electron chi connectivity index (χ4n) is 2.90. The number of hydrogen-bond donors (Lipinski definition) is 0. The summed E-state index contributed by atoms with van der Waals surface area (Å²) in [5, 5.41) is 7.61. The van der Waals surface area contributed by atoms with Crippen LogP contribution in [-0.2, 0) is 0 Å². The summed E-state index contributed by atoms with van der Waals surface area (Å²) in [6.07, 6.45) is 3.11. The molecule has 9 heteroatoms. The normalized spacial score (nSPS) is 12.5. The molecule has 0 amide bonds. The highest BCUT2D eigenvalue weighted by Crippen LogP contribution is 2.42. The summed E-state index contributed by atoms with van der Waals surface area (Å²) in [4.78, 5) is 14.2. The molecule has 6 nitrogen and oxygen atoms in total. The van der Waals surface area contributed by atoms with Crippen LogP contribution in [0.1, 0.15) is 18.1 Å². The summed E-state index contributed by atoms with van der Waals surface area (Å²) in [5.74, 6) is 1.18. The Balaban J connectivity index is 1.49. The van der Waals surface area contributed by atoms with Crippen molar-refractivity contribution in [3.05, 3.63) is 66.1 Å². The van der Waals surface area contributed by atoms with Gasteiger partial charge in [0.2, 0.25) is 11.7 Å². The highest BCUT2D eigenvalue weighted by atomic mass is 32.2. The number of benzene rings is 1. The lowest BCUT2D eigenvalue weighted by molar-refractivity contribution is 0.379. The van der Waals surface area contributed by atoms with Crippen LogP contribution in [0.3, 0.4) is 0 Å². The Hall–Kier alpha value is -3.04. The number of thioether (sulfide) groups is 1. The first-order valence-electron chi connectivity index (χ1n) is 8.71. The molecule has 1 atom stereocenters. The van der Waals surface area contributed by atoms with Gasteiger partial charge >= 0.3 is 0 Å². The predicted octanol–water partition coefficient (Wildman–Crippen LogP) is 5.99. The van der Waals surface area contributed by atoms with Crippen LogP contribution in [0.5, 0.6) is 0 Å². The molecule has 0 aliphatic heterocycles. The summed E-state index contributed by atoms with van der Waals surface area (Å²) in [7, 11) is 0. The lowest BCUT2D eigenvalue weighted by atomic mass is 10.1. The van der Waals surface area contributed by atoms with Crippen LogP contribution in [0.2, 0.25) is 0 Å². The van der Waals surface area contributed by atoms with Crippen LogP contribution in [-0.4, -0.2) is 20.1 Å². The van der Waals surface area contributed by atoms with Gasteiger partial charge in [-0.25, -0.2) is 14.4 Å². The molecule has 0 spiro atoms. The second-order valence-corrected chi connectivity index (χ2v) is 8.40. The summed E-state index contributed by atoms with van der Waals surface area (Å²) in [6, 6.07) is 9.97. The molecule has 0 fully saturated rings. The molecule has 5 rings (SSSR count). The van der Waals surface area contributed by atoms with E-state index < -0.39 is 0 Å². The van der Waals surface area contributed by atoms with E-state index in [1.54, 1.807) is 36.9 Å². The van der Waals surface area contributed by atoms with E-state index in [9.17, 15) is 4.39 Å². The van der Waals surface area contributed by atoms with Crippen molar-refractivity contribution in [2.75, 3.05) is 0 Å². The van der Waals surface area contributed by atoms with Crippen molar-refractivity contribution < 1.29 is 13.3 Å². The Morgan fingerprint density at radius 2 is 2.00 bits per heavy atom. The summed E-state index contributed by atoms with van der Waals surface area (Å²) in [6.45, 7) is 1.97. The Kier molecular flexibility index (Phi) is 4.61. The topological polar surface area (TPSA) is 77.8 Å². The van der Waals surface area contributed by atoms with E-state index in [0.717, 1.165) is 26.4 Å². The Labute approximate surface area is 172 Å². The highest BCUT2D eigenvalue weighted by molar-refractivity contribution is 7.99. The fraction of sp³-hybridized carbons (Fsp3) is 0.100. The molecule has 1 unspecified atom stereocenters. The molecule has 0 bridgehead atoms. The van der Waals surface area contributed by atoms with Crippen molar-refractivity contribution in [2.24, 2.45) is 0 Å². The van der Waals surface area contributed by atoms with Crippen molar-refractivity contribution in [2.45, 2.75) is 17.2 Å². The molecule has 0 saturated heterocycles. The van der Waals surface area contributed by atoms with Gasteiger partial charge in [0.15, 0.2) is 5.76 Å². The Morgan fingerprint density at radius 1 is 1.14 bits per heavy atom. The minimum Gasteiger partial charge on any atom is -0.461 e. The van der Waals surface area contributed by atoms with Gasteiger partial charge in [0.25, 0.3) is 0 Å². The maximum atomic E-state index is 13.3. The van der Waals surface area contributed by atoms with Gasteiger partial charge in [-0.2, -0.15) is 4.98 Å². The van der Waals surface area contributed by atoms with Gasteiger partial charge in [0.1, 0.15) is 22.0 Å². The maximum absolute atomic E-state index is 13.3. The number of halogens is 1. The van der Waals surface area contributed by atoms with Gasteiger partial charge in [-0.1, -0.05) is 29.1 Å². The zero-order valence-corrected chi connectivity index (χ0v) is 16.7. The van der Waals surface area contributed by atoms with E-state index in [1.807, 2.05) is 12.3 Å². The number of nitrogens with zero attached hydrogens (tertiary/aromatic N) is 4. The Bertz CT molecular complexity index is 1270. The average Bonchev–Trinajstić information content (AvgIpc) is 3.48. The molecule has 4 aromatic heterocycles. The summed E-state index contributed by atoms with van der Waals surface area (Å²) >= 11 is 3.04. The van der Waals surface area contributed by atoms with Crippen LogP contribution in [0.15, 0.2) is 68.3 Å². The standard InChI is InChI=1S/C20H13FN4O2S2/c1-11(18-24-17(25-27-18)15-3-2-8-26-15)29-20-16-14(9-28-19(16)22-10-23-20)12-4-6-13(21)7-5-12/h2-11H,1H3. The molecule has 4 heterocycles. The number of rotatable bonds is 5. The van der Waals surface area contributed by atoms with Crippen molar-refractivity contribution in [3.63, 3.8) is 0 Å². The van der Waals surface area contributed by atoms with Gasteiger partial charge in [-0.15, -0.1) is 11.3 Å². The van der Waals surface area contributed by atoms with Gasteiger partial charge in [-0.05, 0) is 36.8 Å². The third kappa shape index (κ3) is 3.43. The molecule has 0 radical (unpaired) electrons. The van der Waals surface area contributed by atoms with Crippen molar-refractivity contribution >= 4 is 33.3 Å². The molecule has 0 aliphatic rings. The first kappa shape index (κ1) is 18.0. The lowest BCUT2D eigenvalue weighted by Crippen LogP contribution is -1.92. The van der Waals surface area contributed by atoms with Crippen molar-refractivity contribution in [1.82, 2.24) is 20.1 Å². The van der Waals surface area contributed by atoms with Crippen molar-refractivity contribution in [1.29, 1.82) is 0 Å². The fourth-order valence-corrected chi connectivity index (χ4v) is 4.85. The molecule has 5 aromatic rings. The molecule has 1 aromatic carbocycles. The SMILES string of the molecule is CC(Sc1ncnc2scc(-c3ccc(F)cc3)c12)c1nc(-c2ccco2)no1. The quantitative estimate of drug-likeness (QED) is 0.253. The minimum atomic E-state index is -0.267. The predicted molar refractivity (Wildman–Crippen MR) is 109 cm³/mol. The zero-order chi connectivity index (χ0) is 19.8. The number of thiophene rings is 1. The van der Waals surface area contributed by atoms with E-state index in [2.05, 4.69) is 20.1 Å². The third-order valence-electron chi connectivity index (χ3n) is 4.31. The molecule has 144 valence electrons. The second-order valence-electron chi connectivity index (χ2n) is 6.21. The van der Waals surface area contributed by atoms with Gasteiger partial charge < -0.3 is 8.94 Å². The molecular weight excluding hydrogens is 411 g/mol. The van der Waals surface area contributed by atoms with E-state index in [0.29, 0.717) is 17.5 Å². The third-order valence-corrected chi connectivity index (χ3v) is 6.28. The largest absolute Gasteiger partial charge is 0.461 e. The molecular formula is C20H13FN4O2S2. The van der Waals surface area contributed by atoms with Gasteiger partial charge in [0.05, 0.1) is 16.9 Å². The smallest absolute Gasteiger partial charge is 0.240 e. The average molecular weight is 424 g/mol. The second kappa shape index (κ2) is 7.41. The monoisotopic (exact) mass is 424 g/mol. The number of fused-ring (bicyclic) bond motifs is 1. The first-order chi connectivity index (χ1) is 14.2. The molecule has 0 N–H and O–H groups in total. The Morgan fingerprint density at radius 3 is 2.79 bits per heavy atom. The van der Waals surface area contributed by atoms with E-state index >= 15 is 0 Å². The van der Waals surface area contributed by atoms with Crippen LogP contribution in [0, 0.1) is 5.82 Å². The van der Waals surface area contributed by atoms with Crippen molar-refractivity contribution in [3.8, 4) is 22.7 Å². The maximum Gasteiger partial charge on any atom is 0.240 e. The number of hydrogen-bond acceptors (Lipinski definition) is 8. The minimum absolute atomic E-state index is 0.134. The van der Waals surface area contributed by atoms with Gasteiger partial charge in [-0.3, -0.25) is 0 Å². The van der Waals surface area contributed by atoms with Crippen LogP contribution in [0.4, 0.5) is 4.39 Å². The van der Waals surface area contributed by atoms with E-state index in [4.69, 9.17) is 8.94 Å². The summed E-state index contributed by atoms with van der Waals surface area (Å²) in [5.41, 5.74) is 1.89. The van der Waals surface area contributed by atoms with Gasteiger partial charge in [0, 0.05) is 10.9 Å². The molecule has 0 aliphatic carbocycles. The van der Waals surface area contributed by atoms with E-state index in [-0.39, 0.29) is 11.1 Å². The molecule has 29 heavy (non-hydrogen) atoms. The zero-order valence-electron chi connectivity index (χ0n) is 15.1. The number of furan rings is 1. The van der Waals surface area contributed by atoms with Crippen LogP contribution in [0.25, 0.3) is 32.9 Å². The molecule has 0 saturated carbocycles. The lowest BCUT2D eigenvalue weighted by Gasteiger charge is -2.08.